The molecular weight excluding hydrogens is 343 g/mol. The molecule has 27 heavy (non-hydrogen) atoms. The summed E-state index contributed by atoms with van der Waals surface area (Å²) >= 11 is 0. The Morgan fingerprint density at radius 1 is 0.852 bits per heavy atom. The molecular formula is C22H19FN2O2. The van der Waals surface area contributed by atoms with Crippen molar-refractivity contribution in [2.75, 3.05) is 19.0 Å². The topological polar surface area (TPSA) is 46.4 Å². The molecule has 0 bridgehead atoms. The van der Waals surface area contributed by atoms with Gasteiger partial charge in [-0.05, 0) is 46.5 Å². The molecule has 0 N–H and O–H groups in total. The van der Waals surface area contributed by atoms with Crippen LogP contribution >= 0.6 is 0 Å². The van der Waals surface area contributed by atoms with Crippen molar-refractivity contribution in [2.24, 2.45) is 0 Å². The first-order chi connectivity index (χ1) is 12.9. The zero-order valence-electron chi connectivity index (χ0n) is 15.1. The number of nitrogens with zero attached hydrogens (tertiary/aromatic N) is 2. The highest BCUT2D eigenvalue weighted by Gasteiger charge is 2.12. The van der Waals surface area contributed by atoms with E-state index in [1.54, 1.807) is 6.08 Å². The number of nitro groups is 1. The molecule has 3 aromatic carbocycles. The molecule has 5 heteroatoms. The van der Waals surface area contributed by atoms with E-state index in [1.165, 1.54) is 12.1 Å². The zero-order valence-corrected chi connectivity index (χ0v) is 15.1. The second-order valence-electron chi connectivity index (χ2n) is 6.36. The van der Waals surface area contributed by atoms with E-state index in [0.717, 1.165) is 28.4 Å². The van der Waals surface area contributed by atoms with E-state index >= 15 is 0 Å². The summed E-state index contributed by atoms with van der Waals surface area (Å²) in [7, 11) is 4.01. The molecule has 4 nitrogen and oxygen atoms in total. The van der Waals surface area contributed by atoms with Gasteiger partial charge in [0, 0.05) is 25.8 Å². The molecule has 0 radical (unpaired) electrons. The highest BCUT2D eigenvalue weighted by Crippen LogP contribution is 2.24. The van der Waals surface area contributed by atoms with Crippen molar-refractivity contribution < 1.29 is 9.31 Å². The summed E-state index contributed by atoms with van der Waals surface area (Å²) < 4.78 is 13.7. The number of anilines is 1. The third kappa shape index (κ3) is 4.39. The van der Waals surface area contributed by atoms with Gasteiger partial charge in [-0.25, -0.2) is 0 Å². The molecule has 0 atom stereocenters. The van der Waals surface area contributed by atoms with Crippen molar-refractivity contribution in [3.63, 3.8) is 0 Å². The number of nitro benzene ring substituents is 1. The fourth-order valence-corrected chi connectivity index (χ4v) is 2.71. The van der Waals surface area contributed by atoms with Crippen molar-refractivity contribution in [1.29, 1.82) is 0 Å². The molecule has 0 aliphatic heterocycles. The smallest absolute Gasteiger partial charge is 0.304 e. The molecule has 0 unspecified atom stereocenters. The second-order valence-corrected chi connectivity index (χ2v) is 6.36. The number of halogens is 1. The standard InChI is InChI=1S/C22H19FN2O2/c1-24(2)20-12-10-19(11-13-20)18-8-5-16(6-9-18)3-4-17-7-14-22(25(26)27)21(23)15-17/h3-15H,1-2H3/b4-3+. The minimum Gasteiger partial charge on any atom is -0.378 e. The van der Waals surface area contributed by atoms with E-state index in [9.17, 15) is 14.5 Å². The van der Waals surface area contributed by atoms with Crippen molar-refractivity contribution in [3.8, 4) is 11.1 Å². The lowest BCUT2D eigenvalue weighted by atomic mass is 10.0. The average molecular weight is 362 g/mol. The van der Waals surface area contributed by atoms with Crippen LogP contribution in [0.1, 0.15) is 11.1 Å². The van der Waals surface area contributed by atoms with Gasteiger partial charge in [0.2, 0.25) is 5.82 Å². The van der Waals surface area contributed by atoms with E-state index in [-0.39, 0.29) is 0 Å². The summed E-state index contributed by atoms with van der Waals surface area (Å²) in [5.74, 6) is -0.835. The maximum Gasteiger partial charge on any atom is 0.304 e. The van der Waals surface area contributed by atoms with Gasteiger partial charge in [0.25, 0.3) is 0 Å². The Morgan fingerprint density at radius 2 is 1.37 bits per heavy atom. The average Bonchev–Trinajstić information content (AvgIpc) is 2.66. The van der Waals surface area contributed by atoms with Crippen LogP contribution in [0, 0.1) is 15.9 Å². The lowest BCUT2D eigenvalue weighted by Crippen LogP contribution is -2.07. The van der Waals surface area contributed by atoms with Gasteiger partial charge in [-0.15, -0.1) is 0 Å². The van der Waals surface area contributed by atoms with Crippen molar-refractivity contribution >= 4 is 23.5 Å². The fraction of sp³-hybridized carbons (Fsp3) is 0.0909. The van der Waals surface area contributed by atoms with E-state index in [1.807, 2.05) is 44.4 Å². The van der Waals surface area contributed by atoms with Crippen LogP contribution in [0.15, 0.2) is 66.7 Å². The van der Waals surface area contributed by atoms with Gasteiger partial charge in [0.05, 0.1) is 4.92 Å². The van der Waals surface area contributed by atoms with Gasteiger partial charge in [-0.3, -0.25) is 10.1 Å². The predicted molar refractivity (Wildman–Crippen MR) is 108 cm³/mol. The van der Waals surface area contributed by atoms with Gasteiger partial charge >= 0.3 is 5.69 Å². The molecule has 0 aromatic heterocycles. The van der Waals surface area contributed by atoms with E-state index in [4.69, 9.17) is 0 Å². The Kier molecular flexibility index (Phi) is 5.31. The van der Waals surface area contributed by atoms with Gasteiger partial charge < -0.3 is 4.90 Å². The van der Waals surface area contributed by atoms with Gasteiger partial charge in [0.15, 0.2) is 0 Å². The first-order valence-electron chi connectivity index (χ1n) is 8.44. The van der Waals surface area contributed by atoms with Crippen molar-refractivity contribution in [3.05, 3.63) is 93.8 Å². The number of benzene rings is 3. The number of rotatable bonds is 5. The van der Waals surface area contributed by atoms with Crippen molar-refractivity contribution in [2.45, 2.75) is 0 Å². The molecule has 0 saturated carbocycles. The van der Waals surface area contributed by atoms with E-state index < -0.39 is 16.4 Å². The minimum atomic E-state index is -0.835. The predicted octanol–water partition coefficient (Wildman–Crippen LogP) is 5.64. The molecule has 0 fully saturated rings. The Bertz CT molecular complexity index is 978. The molecule has 0 saturated heterocycles. The monoisotopic (exact) mass is 362 g/mol. The molecule has 136 valence electrons. The Hall–Kier alpha value is -3.47. The van der Waals surface area contributed by atoms with Crippen molar-refractivity contribution in [1.82, 2.24) is 0 Å². The first-order valence-corrected chi connectivity index (χ1v) is 8.44. The van der Waals surface area contributed by atoms with Gasteiger partial charge in [-0.1, -0.05) is 48.6 Å². The fourth-order valence-electron chi connectivity index (χ4n) is 2.71. The lowest BCUT2D eigenvalue weighted by molar-refractivity contribution is -0.387. The quantitative estimate of drug-likeness (QED) is 0.335. The summed E-state index contributed by atoms with van der Waals surface area (Å²) in [4.78, 5) is 12.0. The normalized spacial score (nSPS) is 10.9. The van der Waals surface area contributed by atoms with Crippen LogP contribution in [0.5, 0.6) is 0 Å². The van der Waals surface area contributed by atoms with Crippen LogP contribution < -0.4 is 4.90 Å². The Labute approximate surface area is 157 Å². The number of hydrogen-bond donors (Lipinski definition) is 0. The van der Waals surface area contributed by atoms with Crippen LogP contribution in [0.4, 0.5) is 15.8 Å². The third-order valence-electron chi connectivity index (χ3n) is 4.26. The highest BCUT2D eigenvalue weighted by molar-refractivity contribution is 5.73. The molecule has 3 rings (SSSR count). The molecule has 0 aliphatic rings. The third-order valence-corrected chi connectivity index (χ3v) is 4.26. The van der Waals surface area contributed by atoms with E-state index in [2.05, 4.69) is 29.2 Å². The first kappa shape index (κ1) is 18.3. The Morgan fingerprint density at radius 3 is 1.89 bits per heavy atom. The summed E-state index contributed by atoms with van der Waals surface area (Å²) in [6, 6.07) is 20.2. The summed E-state index contributed by atoms with van der Waals surface area (Å²) in [6.45, 7) is 0. The van der Waals surface area contributed by atoms with Crippen LogP contribution in [0.25, 0.3) is 23.3 Å². The summed E-state index contributed by atoms with van der Waals surface area (Å²) in [5.41, 5.74) is 4.40. The highest BCUT2D eigenvalue weighted by atomic mass is 19.1. The SMILES string of the molecule is CN(C)c1ccc(-c2ccc(/C=C/c3ccc([N+](=O)[O-])c(F)c3)cc2)cc1. The molecule has 3 aromatic rings. The number of hydrogen-bond acceptors (Lipinski definition) is 3. The van der Waals surface area contributed by atoms with Crippen LogP contribution in [0.2, 0.25) is 0 Å². The minimum absolute atomic E-state index is 0.517. The lowest BCUT2D eigenvalue weighted by Gasteiger charge is -2.12. The molecule has 0 amide bonds. The summed E-state index contributed by atoms with van der Waals surface area (Å²) in [5, 5.41) is 10.7. The van der Waals surface area contributed by atoms with Crippen LogP contribution in [-0.2, 0) is 0 Å². The van der Waals surface area contributed by atoms with Crippen LogP contribution in [-0.4, -0.2) is 19.0 Å². The summed E-state index contributed by atoms with van der Waals surface area (Å²) in [6.07, 6.45) is 3.58. The molecule has 0 heterocycles. The van der Waals surface area contributed by atoms with Gasteiger partial charge in [-0.2, -0.15) is 4.39 Å². The molecule has 0 spiro atoms. The maximum absolute atomic E-state index is 13.7. The van der Waals surface area contributed by atoms with Gasteiger partial charge in [0.1, 0.15) is 0 Å². The van der Waals surface area contributed by atoms with E-state index in [0.29, 0.717) is 5.56 Å². The maximum atomic E-state index is 13.7. The largest absolute Gasteiger partial charge is 0.378 e. The Balaban J connectivity index is 1.74. The second kappa shape index (κ2) is 7.83. The zero-order chi connectivity index (χ0) is 19.4. The molecule has 0 aliphatic carbocycles. The van der Waals surface area contributed by atoms with Crippen LogP contribution in [0.3, 0.4) is 0 Å².